The molecule has 0 saturated heterocycles. The van der Waals surface area contributed by atoms with Crippen molar-refractivity contribution >= 4 is 12.1 Å². The Hall–Kier alpha value is -2.24. The summed E-state index contributed by atoms with van der Waals surface area (Å²) in [5.41, 5.74) is 0.249. The Morgan fingerprint density at radius 1 is 1.06 bits per heavy atom. The molecule has 98 valence electrons. The van der Waals surface area contributed by atoms with E-state index in [0.29, 0.717) is 5.75 Å². The Morgan fingerprint density at radius 2 is 1.67 bits per heavy atom. The van der Waals surface area contributed by atoms with Gasteiger partial charge in [-0.05, 0) is 12.1 Å². The molecule has 0 heterocycles. The molecule has 0 spiro atoms. The van der Waals surface area contributed by atoms with Crippen molar-refractivity contribution in [1.29, 1.82) is 0 Å². The fraction of sp³-hybridized carbons (Fsp3) is 0.333. The summed E-state index contributed by atoms with van der Waals surface area (Å²) in [5.74, 6) is 0.0870. The van der Waals surface area contributed by atoms with E-state index in [2.05, 4.69) is 4.74 Å². The minimum Gasteiger partial charge on any atom is -0.497 e. The summed E-state index contributed by atoms with van der Waals surface area (Å²) in [4.78, 5) is 24.1. The molecule has 1 amide bonds. The Morgan fingerprint density at radius 3 is 2.17 bits per heavy atom. The zero-order chi connectivity index (χ0) is 13.7. The summed E-state index contributed by atoms with van der Waals surface area (Å²) in [7, 11) is 5.84. The number of ether oxygens (including phenoxy) is 3. The smallest absolute Gasteiger partial charge is 0.414 e. The highest BCUT2D eigenvalue weighted by molar-refractivity contribution is 5.90. The molecule has 1 aromatic carbocycles. The molecule has 0 aliphatic rings. The average molecular weight is 253 g/mol. The van der Waals surface area contributed by atoms with Gasteiger partial charge < -0.3 is 19.1 Å². The van der Waals surface area contributed by atoms with Crippen molar-refractivity contribution in [2.75, 3.05) is 28.3 Å². The number of carbonyl (C=O) groups is 2. The average Bonchev–Trinajstić information content (AvgIpc) is 2.37. The van der Waals surface area contributed by atoms with Gasteiger partial charge in [0.25, 0.3) is 0 Å². The Bertz CT molecular complexity index is 456. The first-order valence-corrected chi connectivity index (χ1v) is 5.14. The van der Waals surface area contributed by atoms with Crippen LogP contribution in [-0.4, -0.2) is 45.3 Å². The summed E-state index contributed by atoms with van der Waals surface area (Å²) in [6.07, 6.45) is -0.543. The molecule has 1 aromatic rings. The van der Waals surface area contributed by atoms with Crippen molar-refractivity contribution in [3.8, 4) is 11.5 Å². The summed E-state index contributed by atoms with van der Waals surface area (Å²) < 4.78 is 14.7. The molecule has 0 radical (unpaired) electrons. The maximum absolute atomic E-state index is 11.4. The van der Waals surface area contributed by atoms with Crippen LogP contribution in [0.3, 0.4) is 0 Å². The van der Waals surface area contributed by atoms with Gasteiger partial charge >= 0.3 is 12.1 Å². The van der Waals surface area contributed by atoms with Gasteiger partial charge in [-0.25, -0.2) is 9.59 Å². The highest BCUT2D eigenvalue weighted by Crippen LogP contribution is 2.23. The number of carbonyl (C=O) groups excluding carboxylic acids is 2. The molecule has 0 saturated carbocycles. The van der Waals surface area contributed by atoms with E-state index in [1.165, 1.54) is 37.3 Å². The lowest BCUT2D eigenvalue weighted by atomic mass is 10.2. The monoisotopic (exact) mass is 253 g/mol. The molecular formula is C12H15NO5. The van der Waals surface area contributed by atoms with Crippen LogP contribution >= 0.6 is 0 Å². The van der Waals surface area contributed by atoms with Gasteiger partial charge in [-0.2, -0.15) is 0 Å². The molecule has 0 N–H and O–H groups in total. The first-order chi connectivity index (χ1) is 8.47. The van der Waals surface area contributed by atoms with Gasteiger partial charge in [0, 0.05) is 20.2 Å². The van der Waals surface area contributed by atoms with E-state index in [9.17, 15) is 9.59 Å². The van der Waals surface area contributed by atoms with Gasteiger partial charge in [0.15, 0.2) is 0 Å². The summed E-state index contributed by atoms with van der Waals surface area (Å²) in [5, 5.41) is 0. The van der Waals surface area contributed by atoms with E-state index in [1.807, 2.05) is 0 Å². The summed E-state index contributed by atoms with van der Waals surface area (Å²) in [6.45, 7) is 0. The van der Waals surface area contributed by atoms with E-state index in [-0.39, 0.29) is 11.3 Å². The fourth-order valence-electron chi connectivity index (χ4n) is 1.18. The predicted molar refractivity (Wildman–Crippen MR) is 64.0 cm³/mol. The van der Waals surface area contributed by atoms with Gasteiger partial charge in [-0.15, -0.1) is 0 Å². The molecule has 0 aromatic heterocycles. The van der Waals surface area contributed by atoms with Crippen LogP contribution in [-0.2, 0) is 4.74 Å². The molecule has 0 atom stereocenters. The van der Waals surface area contributed by atoms with Gasteiger partial charge in [0.1, 0.15) is 11.5 Å². The lowest BCUT2D eigenvalue weighted by Gasteiger charge is -2.12. The highest BCUT2D eigenvalue weighted by Gasteiger charge is 2.13. The number of hydrogen-bond donors (Lipinski definition) is 0. The van der Waals surface area contributed by atoms with E-state index < -0.39 is 12.1 Å². The van der Waals surface area contributed by atoms with Crippen molar-refractivity contribution in [3.05, 3.63) is 23.8 Å². The number of esters is 1. The van der Waals surface area contributed by atoms with Gasteiger partial charge in [-0.1, -0.05) is 0 Å². The van der Waals surface area contributed by atoms with E-state index in [0.717, 1.165) is 0 Å². The molecule has 6 nitrogen and oxygen atoms in total. The van der Waals surface area contributed by atoms with E-state index in [1.54, 1.807) is 14.1 Å². The maximum atomic E-state index is 11.4. The molecule has 1 rings (SSSR count). The molecule has 0 bridgehead atoms. The number of hydrogen-bond acceptors (Lipinski definition) is 5. The third-order valence-corrected chi connectivity index (χ3v) is 2.11. The number of rotatable bonds is 3. The van der Waals surface area contributed by atoms with Crippen LogP contribution in [0.15, 0.2) is 18.2 Å². The SMILES string of the molecule is COC(=O)c1cc(OC)cc(OC(=O)N(C)C)c1. The Balaban J connectivity index is 3.04. The molecular weight excluding hydrogens is 238 g/mol. The maximum Gasteiger partial charge on any atom is 0.414 e. The van der Waals surface area contributed by atoms with Crippen molar-refractivity contribution < 1.29 is 23.8 Å². The van der Waals surface area contributed by atoms with Crippen molar-refractivity contribution in [2.24, 2.45) is 0 Å². The molecule has 0 aliphatic heterocycles. The molecule has 0 aliphatic carbocycles. The Kier molecular flexibility index (Phi) is 4.53. The minimum absolute atomic E-state index is 0.216. The van der Waals surface area contributed by atoms with Crippen LogP contribution in [0.5, 0.6) is 11.5 Å². The van der Waals surface area contributed by atoms with Crippen LogP contribution in [0.25, 0.3) is 0 Å². The second-order valence-electron chi connectivity index (χ2n) is 3.65. The second kappa shape index (κ2) is 5.90. The topological polar surface area (TPSA) is 65.1 Å². The van der Waals surface area contributed by atoms with Crippen LogP contribution in [0.4, 0.5) is 4.79 Å². The number of methoxy groups -OCH3 is 2. The van der Waals surface area contributed by atoms with E-state index >= 15 is 0 Å². The third kappa shape index (κ3) is 3.38. The van der Waals surface area contributed by atoms with Crippen molar-refractivity contribution in [3.63, 3.8) is 0 Å². The largest absolute Gasteiger partial charge is 0.497 e. The molecule has 18 heavy (non-hydrogen) atoms. The predicted octanol–water partition coefficient (Wildman–Crippen LogP) is 1.54. The quantitative estimate of drug-likeness (QED) is 0.764. The molecule has 0 unspecified atom stereocenters. The zero-order valence-corrected chi connectivity index (χ0v) is 10.7. The van der Waals surface area contributed by atoms with Crippen molar-refractivity contribution in [2.45, 2.75) is 0 Å². The summed E-state index contributed by atoms with van der Waals surface area (Å²) >= 11 is 0. The summed E-state index contributed by atoms with van der Waals surface area (Å²) in [6, 6.07) is 4.42. The molecule has 0 fully saturated rings. The first kappa shape index (κ1) is 13.8. The fourth-order valence-corrected chi connectivity index (χ4v) is 1.18. The lowest BCUT2D eigenvalue weighted by Crippen LogP contribution is -2.25. The van der Waals surface area contributed by atoms with Gasteiger partial charge in [-0.3, -0.25) is 0 Å². The third-order valence-electron chi connectivity index (χ3n) is 2.11. The van der Waals surface area contributed by atoms with Crippen LogP contribution in [0, 0.1) is 0 Å². The van der Waals surface area contributed by atoms with Gasteiger partial charge in [0.2, 0.25) is 0 Å². The van der Waals surface area contributed by atoms with Crippen LogP contribution < -0.4 is 9.47 Å². The Labute approximate surface area is 105 Å². The van der Waals surface area contributed by atoms with Gasteiger partial charge in [0.05, 0.1) is 19.8 Å². The van der Waals surface area contributed by atoms with Crippen LogP contribution in [0.1, 0.15) is 10.4 Å². The standard InChI is InChI=1S/C12H15NO5/c1-13(2)12(15)18-10-6-8(11(14)17-4)5-9(7-10)16-3/h5-7H,1-4H3. The number of amides is 1. The van der Waals surface area contributed by atoms with Crippen molar-refractivity contribution in [1.82, 2.24) is 4.90 Å². The zero-order valence-electron chi connectivity index (χ0n) is 10.7. The van der Waals surface area contributed by atoms with Crippen LogP contribution in [0.2, 0.25) is 0 Å². The lowest BCUT2D eigenvalue weighted by molar-refractivity contribution is 0.0599. The molecule has 6 heteroatoms. The van der Waals surface area contributed by atoms with E-state index in [4.69, 9.17) is 9.47 Å². The first-order valence-electron chi connectivity index (χ1n) is 5.14. The second-order valence-corrected chi connectivity index (χ2v) is 3.65. The normalized spacial score (nSPS) is 9.56. The number of nitrogens with zero attached hydrogens (tertiary/aromatic N) is 1. The highest BCUT2D eigenvalue weighted by atomic mass is 16.6. The minimum atomic E-state index is -0.543. The number of benzene rings is 1.